The summed E-state index contributed by atoms with van der Waals surface area (Å²) in [6.45, 7) is 3.63. The summed E-state index contributed by atoms with van der Waals surface area (Å²) >= 11 is 5.49. The van der Waals surface area contributed by atoms with Crippen molar-refractivity contribution < 1.29 is 34.2 Å². The highest BCUT2D eigenvalue weighted by atomic mass is 32.2. The van der Waals surface area contributed by atoms with Crippen LogP contribution in [0, 0.1) is 5.92 Å². The van der Waals surface area contributed by atoms with Crippen LogP contribution in [0.5, 0.6) is 0 Å². The minimum atomic E-state index is -1.34. The van der Waals surface area contributed by atoms with Gasteiger partial charge in [0.1, 0.15) is 18.1 Å². The molecule has 0 aromatic carbocycles. The summed E-state index contributed by atoms with van der Waals surface area (Å²) in [4.78, 5) is 59.4. The van der Waals surface area contributed by atoms with Gasteiger partial charge in [0.15, 0.2) is 0 Å². The lowest BCUT2D eigenvalue weighted by Gasteiger charge is -2.25. The molecule has 0 heterocycles. The number of carboxylic acid groups (broad SMARTS) is 2. The molecule has 0 rings (SSSR count). The van der Waals surface area contributed by atoms with Crippen LogP contribution in [-0.4, -0.2) is 81.8 Å². The third kappa shape index (κ3) is 11.8. The minimum absolute atomic E-state index is 0.0158. The molecule has 0 aliphatic rings. The fourth-order valence-corrected chi connectivity index (χ4v) is 3.22. The molecular weight excluding hydrogens is 448 g/mol. The Hall–Kier alpha value is -1.99. The molecule has 7 N–H and O–H groups in total. The van der Waals surface area contributed by atoms with Gasteiger partial charge in [-0.25, -0.2) is 4.79 Å². The van der Waals surface area contributed by atoms with Crippen LogP contribution in [0.2, 0.25) is 0 Å². The van der Waals surface area contributed by atoms with Crippen LogP contribution in [0.15, 0.2) is 0 Å². The van der Waals surface area contributed by atoms with Crippen LogP contribution in [-0.2, 0) is 24.0 Å². The molecule has 3 amide bonds. The topological polar surface area (TPSA) is 188 Å². The molecule has 0 bridgehead atoms. The van der Waals surface area contributed by atoms with E-state index in [9.17, 15) is 29.1 Å². The van der Waals surface area contributed by atoms with Gasteiger partial charge in [0, 0.05) is 5.75 Å². The first-order chi connectivity index (χ1) is 14.4. The van der Waals surface area contributed by atoms with Crippen molar-refractivity contribution in [3.05, 3.63) is 0 Å². The van der Waals surface area contributed by atoms with Crippen molar-refractivity contribution in [1.29, 1.82) is 0 Å². The number of thioether (sulfide) groups is 1. The lowest BCUT2D eigenvalue weighted by molar-refractivity contribution is -0.142. The Bertz CT molecular complexity index is 648. The summed E-state index contributed by atoms with van der Waals surface area (Å²) in [5, 5.41) is 25.3. The summed E-state index contributed by atoms with van der Waals surface area (Å²) in [6, 6.07) is -4.64. The SMILES string of the molecule is CSCCC(NC(=O)C(CS)NC(=O)C(CC(C)C)NC(=O)C(N)CC(=O)O)C(=O)O. The maximum atomic E-state index is 12.7. The number of hydrogen-bond acceptors (Lipinski definition) is 8. The van der Waals surface area contributed by atoms with E-state index in [0.717, 1.165) is 0 Å². The van der Waals surface area contributed by atoms with Gasteiger partial charge in [-0.2, -0.15) is 24.4 Å². The number of rotatable bonds is 15. The maximum Gasteiger partial charge on any atom is 0.326 e. The zero-order chi connectivity index (χ0) is 24.1. The summed E-state index contributed by atoms with van der Waals surface area (Å²) in [6.07, 6.45) is 1.63. The highest BCUT2D eigenvalue weighted by Gasteiger charge is 2.30. The highest BCUT2D eigenvalue weighted by molar-refractivity contribution is 7.98. The van der Waals surface area contributed by atoms with Crippen LogP contribution in [0.3, 0.4) is 0 Å². The van der Waals surface area contributed by atoms with Crippen LogP contribution < -0.4 is 21.7 Å². The number of carboxylic acids is 2. The highest BCUT2D eigenvalue weighted by Crippen LogP contribution is 2.07. The molecule has 0 aromatic heterocycles. The van der Waals surface area contributed by atoms with Crippen molar-refractivity contribution in [3.8, 4) is 0 Å². The van der Waals surface area contributed by atoms with E-state index in [1.165, 1.54) is 11.8 Å². The first kappa shape index (κ1) is 29.0. The number of aliphatic carboxylic acids is 2. The molecule has 13 heteroatoms. The molecule has 0 aromatic rings. The Labute approximate surface area is 191 Å². The van der Waals surface area contributed by atoms with Gasteiger partial charge >= 0.3 is 11.9 Å². The van der Waals surface area contributed by atoms with E-state index >= 15 is 0 Å². The molecule has 31 heavy (non-hydrogen) atoms. The van der Waals surface area contributed by atoms with E-state index in [2.05, 4.69) is 28.6 Å². The molecule has 0 saturated heterocycles. The first-order valence-corrected chi connectivity index (χ1v) is 11.7. The Morgan fingerprint density at radius 3 is 1.90 bits per heavy atom. The third-order valence-corrected chi connectivity index (χ3v) is 5.12. The molecule has 11 nitrogen and oxygen atoms in total. The van der Waals surface area contributed by atoms with Gasteiger partial charge in [0.25, 0.3) is 0 Å². The second kappa shape index (κ2) is 14.9. The fourth-order valence-electron chi connectivity index (χ4n) is 2.49. The van der Waals surface area contributed by atoms with Crippen molar-refractivity contribution in [1.82, 2.24) is 16.0 Å². The predicted octanol–water partition coefficient (Wildman–Crippen LogP) is -0.944. The van der Waals surface area contributed by atoms with Crippen LogP contribution in [0.25, 0.3) is 0 Å². The van der Waals surface area contributed by atoms with Crippen LogP contribution in [0.1, 0.15) is 33.1 Å². The lowest BCUT2D eigenvalue weighted by Crippen LogP contribution is -2.58. The molecule has 0 radical (unpaired) electrons. The van der Waals surface area contributed by atoms with Gasteiger partial charge in [-0.05, 0) is 30.8 Å². The standard InChI is InChI=1S/C18H32N4O7S2/c1-9(2)6-12(21-15(25)10(19)7-14(23)24)16(26)22-13(8-30)17(27)20-11(18(28)29)4-5-31-3/h9-13,30H,4-8,19H2,1-3H3,(H,20,27)(H,21,25)(H,22,26)(H,23,24)(H,28,29). The van der Waals surface area contributed by atoms with Crippen molar-refractivity contribution in [2.75, 3.05) is 17.8 Å². The summed E-state index contributed by atoms with van der Waals surface area (Å²) in [5.74, 6) is -4.25. The Balaban J connectivity index is 5.21. The van der Waals surface area contributed by atoms with Gasteiger partial charge in [-0.1, -0.05) is 13.8 Å². The van der Waals surface area contributed by atoms with Gasteiger partial charge in [0.2, 0.25) is 17.7 Å². The number of carbonyl (C=O) groups is 5. The second-order valence-corrected chi connectivity index (χ2v) is 8.67. The smallest absolute Gasteiger partial charge is 0.326 e. The van der Waals surface area contributed by atoms with Crippen LogP contribution in [0.4, 0.5) is 0 Å². The van der Waals surface area contributed by atoms with Crippen LogP contribution >= 0.6 is 24.4 Å². The normalized spacial score (nSPS) is 14.8. The number of nitrogens with two attached hydrogens (primary N) is 1. The van der Waals surface area contributed by atoms with Crippen molar-refractivity contribution in [3.63, 3.8) is 0 Å². The van der Waals surface area contributed by atoms with E-state index in [1.54, 1.807) is 0 Å². The average molecular weight is 481 g/mol. The van der Waals surface area contributed by atoms with E-state index in [0.29, 0.717) is 5.75 Å². The number of amides is 3. The molecule has 0 aliphatic carbocycles. The minimum Gasteiger partial charge on any atom is -0.481 e. The molecule has 0 fully saturated rings. The molecular formula is C18H32N4O7S2. The Morgan fingerprint density at radius 1 is 0.935 bits per heavy atom. The molecule has 0 saturated carbocycles. The van der Waals surface area contributed by atoms with E-state index < -0.39 is 60.2 Å². The Morgan fingerprint density at radius 2 is 1.45 bits per heavy atom. The van der Waals surface area contributed by atoms with Crippen molar-refractivity contribution in [2.45, 2.75) is 57.3 Å². The molecule has 4 atom stereocenters. The van der Waals surface area contributed by atoms with Gasteiger partial charge < -0.3 is 31.9 Å². The predicted molar refractivity (Wildman–Crippen MR) is 120 cm³/mol. The number of hydrogen-bond donors (Lipinski definition) is 7. The molecule has 0 spiro atoms. The summed E-state index contributed by atoms with van der Waals surface area (Å²) in [5.41, 5.74) is 5.54. The molecule has 4 unspecified atom stereocenters. The van der Waals surface area contributed by atoms with E-state index in [-0.39, 0.29) is 24.5 Å². The van der Waals surface area contributed by atoms with E-state index in [4.69, 9.17) is 10.8 Å². The molecule has 0 aliphatic heterocycles. The lowest BCUT2D eigenvalue weighted by atomic mass is 10.0. The number of nitrogens with one attached hydrogen (secondary N) is 3. The maximum absolute atomic E-state index is 12.7. The zero-order valence-electron chi connectivity index (χ0n) is 17.8. The van der Waals surface area contributed by atoms with Crippen molar-refractivity contribution in [2.24, 2.45) is 11.7 Å². The second-order valence-electron chi connectivity index (χ2n) is 7.32. The molecule has 178 valence electrons. The quantitative estimate of drug-likeness (QED) is 0.145. The van der Waals surface area contributed by atoms with Gasteiger partial charge in [-0.3, -0.25) is 19.2 Å². The monoisotopic (exact) mass is 480 g/mol. The average Bonchev–Trinajstić information content (AvgIpc) is 2.66. The third-order valence-electron chi connectivity index (χ3n) is 4.11. The summed E-state index contributed by atoms with van der Waals surface area (Å²) in [7, 11) is 0. The van der Waals surface area contributed by atoms with Gasteiger partial charge in [0.05, 0.1) is 12.5 Å². The summed E-state index contributed by atoms with van der Waals surface area (Å²) < 4.78 is 0. The fraction of sp³-hybridized carbons (Fsp3) is 0.722. The first-order valence-electron chi connectivity index (χ1n) is 9.63. The number of carbonyl (C=O) groups excluding carboxylic acids is 3. The number of thiol groups is 1. The largest absolute Gasteiger partial charge is 0.481 e. The van der Waals surface area contributed by atoms with E-state index in [1.807, 2.05) is 20.1 Å². The zero-order valence-corrected chi connectivity index (χ0v) is 19.5. The Kier molecular flexibility index (Phi) is 14.0. The van der Waals surface area contributed by atoms with Crippen molar-refractivity contribution >= 4 is 54.1 Å². The van der Waals surface area contributed by atoms with Gasteiger partial charge in [-0.15, -0.1) is 0 Å².